The Balaban J connectivity index is 1.37. The van der Waals surface area contributed by atoms with Crippen LogP contribution in [-0.4, -0.2) is 39.1 Å². The number of carbonyl (C=O) groups excluding carboxylic acids is 1. The highest BCUT2D eigenvalue weighted by atomic mass is 32.2. The second-order valence-corrected chi connectivity index (χ2v) is 8.37. The molecule has 2 aromatic carbocycles. The number of nitrogens with zero attached hydrogens (tertiary/aromatic N) is 3. The molecule has 1 aliphatic heterocycles. The van der Waals surface area contributed by atoms with Crippen LogP contribution in [0.2, 0.25) is 0 Å². The number of amides is 1. The molecule has 0 fully saturated rings. The monoisotopic (exact) mass is 448 g/mol. The van der Waals surface area contributed by atoms with Crippen molar-refractivity contribution in [1.82, 2.24) is 14.8 Å². The summed E-state index contributed by atoms with van der Waals surface area (Å²) in [6, 6.07) is 18.7. The molecule has 0 radical (unpaired) electrons. The van der Waals surface area contributed by atoms with E-state index in [0.29, 0.717) is 47.1 Å². The molecule has 1 amide bonds. The summed E-state index contributed by atoms with van der Waals surface area (Å²) < 4.78 is 18.5. The number of rotatable bonds is 6. The van der Waals surface area contributed by atoms with Gasteiger partial charge in [-0.15, -0.1) is 10.2 Å². The molecule has 1 atom stereocenters. The zero-order valence-electron chi connectivity index (χ0n) is 17.2. The van der Waals surface area contributed by atoms with E-state index in [1.807, 2.05) is 47.9 Å². The van der Waals surface area contributed by atoms with Crippen LogP contribution in [0.25, 0.3) is 17.3 Å². The van der Waals surface area contributed by atoms with E-state index in [1.165, 1.54) is 11.8 Å². The van der Waals surface area contributed by atoms with E-state index < -0.39 is 5.25 Å². The number of ether oxygens (including phenoxy) is 2. The van der Waals surface area contributed by atoms with Gasteiger partial charge < -0.3 is 19.2 Å². The Morgan fingerprint density at radius 1 is 1.03 bits per heavy atom. The fraction of sp³-hybridized carbons (Fsp3) is 0.174. The van der Waals surface area contributed by atoms with Crippen LogP contribution >= 0.6 is 11.8 Å². The second-order valence-electron chi connectivity index (χ2n) is 7.06. The van der Waals surface area contributed by atoms with Gasteiger partial charge in [-0.05, 0) is 43.3 Å². The van der Waals surface area contributed by atoms with Crippen LogP contribution in [0.3, 0.4) is 0 Å². The third-order valence-corrected chi connectivity index (χ3v) is 5.89. The number of para-hydroxylation sites is 1. The Kier molecular flexibility index (Phi) is 5.55. The van der Waals surface area contributed by atoms with Gasteiger partial charge in [0.2, 0.25) is 11.7 Å². The lowest BCUT2D eigenvalue weighted by molar-refractivity contribution is -0.115. The van der Waals surface area contributed by atoms with Gasteiger partial charge in [-0.1, -0.05) is 30.0 Å². The Bertz CT molecular complexity index is 1220. The third-order valence-electron chi connectivity index (χ3n) is 4.85. The molecule has 0 saturated carbocycles. The third kappa shape index (κ3) is 4.06. The molecule has 0 unspecified atom stereocenters. The quantitative estimate of drug-likeness (QED) is 0.437. The smallest absolute Gasteiger partial charge is 0.237 e. The standard InChI is InChI=1S/C23H20N4O4S/c1-15(22(28)24-16-9-10-18-20(14-16)31-13-12-30-18)32-23-26-25-21(19-8-5-11-29-19)27(23)17-6-3-2-4-7-17/h2-11,14-15H,12-13H2,1H3,(H,24,28)/t15-/m0/s1. The van der Waals surface area contributed by atoms with Gasteiger partial charge in [-0.2, -0.15) is 0 Å². The van der Waals surface area contributed by atoms with Gasteiger partial charge in [-0.3, -0.25) is 9.36 Å². The maximum Gasteiger partial charge on any atom is 0.237 e. The summed E-state index contributed by atoms with van der Waals surface area (Å²) in [6.45, 7) is 2.84. The van der Waals surface area contributed by atoms with Crippen LogP contribution in [-0.2, 0) is 4.79 Å². The summed E-state index contributed by atoms with van der Waals surface area (Å²) in [4.78, 5) is 12.9. The molecule has 0 aliphatic carbocycles. The maximum atomic E-state index is 12.9. The van der Waals surface area contributed by atoms with Gasteiger partial charge in [0.05, 0.1) is 11.5 Å². The number of aromatic nitrogens is 3. The van der Waals surface area contributed by atoms with E-state index in [4.69, 9.17) is 13.9 Å². The van der Waals surface area contributed by atoms with Crippen molar-refractivity contribution in [1.29, 1.82) is 0 Å². The van der Waals surface area contributed by atoms with Gasteiger partial charge in [0.1, 0.15) is 13.2 Å². The van der Waals surface area contributed by atoms with Gasteiger partial charge >= 0.3 is 0 Å². The molecule has 5 rings (SSSR count). The first-order valence-corrected chi connectivity index (χ1v) is 11.0. The van der Waals surface area contributed by atoms with Crippen molar-refractivity contribution in [2.75, 3.05) is 18.5 Å². The molecule has 9 heteroatoms. The van der Waals surface area contributed by atoms with Gasteiger partial charge in [0.15, 0.2) is 22.4 Å². The first-order chi connectivity index (χ1) is 15.7. The molecular weight excluding hydrogens is 428 g/mol. The van der Waals surface area contributed by atoms with Crippen LogP contribution in [0.4, 0.5) is 5.69 Å². The van der Waals surface area contributed by atoms with Crippen LogP contribution < -0.4 is 14.8 Å². The molecule has 0 saturated heterocycles. The highest BCUT2D eigenvalue weighted by Crippen LogP contribution is 2.34. The minimum Gasteiger partial charge on any atom is -0.486 e. The zero-order chi connectivity index (χ0) is 21.9. The van der Waals surface area contributed by atoms with E-state index in [-0.39, 0.29) is 5.91 Å². The highest BCUT2D eigenvalue weighted by Gasteiger charge is 2.23. The Morgan fingerprint density at radius 2 is 1.84 bits per heavy atom. The molecule has 32 heavy (non-hydrogen) atoms. The minimum atomic E-state index is -0.431. The topological polar surface area (TPSA) is 91.4 Å². The zero-order valence-corrected chi connectivity index (χ0v) is 18.0. The first-order valence-electron chi connectivity index (χ1n) is 10.1. The minimum absolute atomic E-state index is 0.158. The van der Waals surface area contributed by atoms with Crippen molar-refractivity contribution in [3.63, 3.8) is 0 Å². The number of furan rings is 1. The van der Waals surface area contributed by atoms with Crippen molar-refractivity contribution in [2.24, 2.45) is 0 Å². The molecule has 1 N–H and O–H groups in total. The summed E-state index contributed by atoms with van der Waals surface area (Å²) >= 11 is 1.32. The van der Waals surface area contributed by atoms with Crippen LogP contribution in [0.15, 0.2) is 76.5 Å². The lowest BCUT2D eigenvalue weighted by atomic mass is 10.2. The largest absolute Gasteiger partial charge is 0.486 e. The lowest BCUT2D eigenvalue weighted by Crippen LogP contribution is -2.23. The molecule has 3 heterocycles. The molecular formula is C23H20N4O4S. The summed E-state index contributed by atoms with van der Waals surface area (Å²) in [7, 11) is 0. The molecule has 4 aromatic rings. The van der Waals surface area contributed by atoms with Gasteiger partial charge in [-0.25, -0.2) is 0 Å². The van der Waals surface area contributed by atoms with E-state index in [2.05, 4.69) is 15.5 Å². The lowest BCUT2D eigenvalue weighted by Gasteiger charge is -2.19. The fourth-order valence-electron chi connectivity index (χ4n) is 3.30. The average Bonchev–Trinajstić information content (AvgIpc) is 3.49. The summed E-state index contributed by atoms with van der Waals surface area (Å²) in [6.07, 6.45) is 1.59. The van der Waals surface area contributed by atoms with Crippen molar-refractivity contribution in [3.05, 3.63) is 66.9 Å². The number of fused-ring (bicyclic) bond motifs is 1. The van der Waals surface area contributed by atoms with E-state index >= 15 is 0 Å². The van der Waals surface area contributed by atoms with Crippen molar-refractivity contribution >= 4 is 23.4 Å². The number of carbonyl (C=O) groups is 1. The number of hydrogen-bond donors (Lipinski definition) is 1. The van der Waals surface area contributed by atoms with Crippen molar-refractivity contribution in [2.45, 2.75) is 17.3 Å². The average molecular weight is 449 g/mol. The SMILES string of the molecule is C[C@H](Sc1nnc(-c2ccco2)n1-c1ccccc1)C(=O)Nc1ccc2c(c1)OCCO2. The van der Waals surface area contributed by atoms with E-state index in [0.717, 1.165) is 5.69 Å². The van der Waals surface area contributed by atoms with E-state index in [1.54, 1.807) is 30.5 Å². The van der Waals surface area contributed by atoms with Crippen LogP contribution in [0.1, 0.15) is 6.92 Å². The molecule has 1 aliphatic rings. The number of anilines is 1. The molecule has 162 valence electrons. The molecule has 0 spiro atoms. The van der Waals surface area contributed by atoms with Gasteiger partial charge in [0, 0.05) is 17.4 Å². The Morgan fingerprint density at radius 3 is 2.62 bits per heavy atom. The number of thioether (sulfide) groups is 1. The summed E-state index contributed by atoms with van der Waals surface area (Å²) in [5.41, 5.74) is 1.53. The number of nitrogens with one attached hydrogen (secondary N) is 1. The molecule has 2 aromatic heterocycles. The number of hydrogen-bond acceptors (Lipinski definition) is 7. The van der Waals surface area contributed by atoms with Crippen molar-refractivity contribution < 1.29 is 18.7 Å². The number of benzene rings is 2. The van der Waals surface area contributed by atoms with E-state index in [9.17, 15) is 4.79 Å². The van der Waals surface area contributed by atoms with Crippen LogP contribution in [0, 0.1) is 0 Å². The summed E-state index contributed by atoms with van der Waals surface area (Å²) in [5, 5.41) is 11.7. The summed E-state index contributed by atoms with van der Waals surface area (Å²) in [5.74, 6) is 2.32. The fourth-order valence-corrected chi connectivity index (χ4v) is 4.17. The molecule has 0 bridgehead atoms. The highest BCUT2D eigenvalue weighted by molar-refractivity contribution is 8.00. The van der Waals surface area contributed by atoms with Crippen molar-refractivity contribution in [3.8, 4) is 28.8 Å². The Hall–Kier alpha value is -3.72. The normalized spacial score (nSPS) is 13.5. The predicted octanol–water partition coefficient (Wildman–Crippen LogP) is 4.42. The molecule has 8 nitrogen and oxygen atoms in total. The predicted molar refractivity (Wildman–Crippen MR) is 120 cm³/mol. The maximum absolute atomic E-state index is 12.9. The Labute approximate surface area is 188 Å². The first kappa shape index (κ1) is 20.2. The van der Waals surface area contributed by atoms with Crippen LogP contribution in [0.5, 0.6) is 11.5 Å². The van der Waals surface area contributed by atoms with Gasteiger partial charge in [0.25, 0.3) is 0 Å². The second kappa shape index (κ2) is 8.80.